The Bertz CT molecular complexity index is 887. The summed E-state index contributed by atoms with van der Waals surface area (Å²) in [6.07, 6.45) is 0.0450. The molecule has 6 nitrogen and oxygen atoms in total. The molecule has 7 heteroatoms. The first-order valence-electron chi connectivity index (χ1n) is 9.45. The molecular weight excluding hydrogens is 386 g/mol. The van der Waals surface area contributed by atoms with Gasteiger partial charge in [-0.15, -0.1) is 0 Å². The van der Waals surface area contributed by atoms with E-state index in [1.807, 2.05) is 58.9 Å². The topological polar surface area (TPSA) is 72.4 Å². The van der Waals surface area contributed by atoms with Gasteiger partial charge in [-0.25, -0.2) is 9.78 Å². The zero-order chi connectivity index (χ0) is 21.8. The summed E-state index contributed by atoms with van der Waals surface area (Å²) in [5, 5.41) is 0.425. The molecule has 0 bridgehead atoms. The highest BCUT2D eigenvalue weighted by atomic mass is 32.2. The normalized spacial score (nSPS) is 11.3. The molecule has 0 aliphatic carbocycles. The van der Waals surface area contributed by atoms with Gasteiger partial charge in [-0.2, -0.15) is 4.98 Å². The van der Waals surface area contributed by atoms with Crippen LogP contribution in [0.2, 0.25) is 0 Å². The maximum atomic E-state index is 12.2. The number of carbonyl (C=O) groups is 2. The summed E-state index contributed by atoms with van der Waals surface area (Å²) in [5.74, 6) is 0.614. The van der Waals surface area contributed by atoms with Crippen LogP contribution in [0.15, 0.2) is 29.4 Å². The van der Waals surface area contributed by atoms with Crippen LogP contribution in [0.25, 0.3) is 0 Å². The van der Waals surface area contributed by atoms with Gasteiger partial charge in [0.25, 0.3) is 0 Å². The fraction of sp³-hybridized carbons (Fsp3) is 0.455. The van der Waals surface area contributed by atoms with Crippen LogP contribution in [-0.4, -0.2) is 46.6 Å². The number of nitrogens with zero attached hydrogens (tertiary/aromatic N) is 3. The third-order valence-corrected chi connectivity index (χ3v) is 5.22. The molecule has 0 aliphatic heterocycles. The van der Waals surface area contributed by atoms with Crippen LogP contribution >= 0.6 is 11.8 Å². The average Bonchev–Trinajstić information content (AvgIpc) is 2.63. The van der Waals surface area contributed by atoms with E-state index in [2.05, 4.69) is 9.97 Å². The highest BCUT2D eigenvalue weighted by Gasteiger charge is 2.23. The number of thioether (sulfide) groups is 1. The minimum atomic E-state index is -0.505. The van der Waals surface area contributed by atoms with Gasteiger partial charge in [-0.1, -0.05) is 62.4 Å². The lowest BCUT2D eigenvalue weighted by molar-refractivity contribution is -0.123. The molecular formula is C22H29N3O3S. The van der Waals surface area contributed by atoms with Crippen LogP contribution < -0.4 is 4.74 Å². The lowest BCUT2D eigenvalue weighted by atomic mass is 9.92. The predicted octanol–water partition coefficient (Wildman–Crippen LogP) is 4.45. The second-order valence-electron chi connectivity index (χ2n) is 8.26. The second-order valence-corrected chi connectivity index (χ2v) is 9.20. The zero-order valence-corrected chi connectivity index (χ0v) is 19.0. The van der Waals surface area contributed by atoms with Crippen molar-refractivity contribution in [2.24, 2.45) is 5.41 Å². The van der Waals surface area contributed by atoms with Gasteiger partial charge in [0.05, 0.1) is 5.75 Å². The molecule has 156 valence electrons. The number of amides is 1. The first-order chi connectivity index (χ1) is 13.5. The van der Waals surface area contributed by atoms with E-state index < -0.39 is 11.5 Å². The molecule has 0 spiro atoms. The van der Waals surface area contributed by atoms with Crippen molar-refractivity contribution in [3.8, 4) is 5.88 Å². The standard InChI is InChI=1S/C22H29N3O3S/c1-14-8-10-16(11-9-14)12-17-15(2)23-20(29-13-18(26)22(3,4)5)24-19(17)28-21(27)25(6)7/h8-11H,12-13H2,1-7H3. The first kappa shape index (κ1) is 22.9. The van der Waals surface area contributed by atoms with E-state index in [9.17, 15) is 9.59 Å². The lowest BCUT2D eigenvalue weighted by Gasteiger charge is -2.17. The van der Waals surface area contributed by atoms with Crippen molar-refractivity contribution in [3.63, 3.8) is 0 Å². The summed E-state index contributed by atoms with van der Waals surface area (Å²) < 4.78 is 5.54. The van der Waals surface area contributed by atoms with Gasteiger partial charge in [-0.05, 0) is 19.4 Å². The molecule has 1 aromatic carbocycles. The number of aryl methyl sites for hydroxylation is 2. The first-order valence-corrected chi connectivity index (χ1v) is 10.4. The van der Waals surface area contributed by atoms with Crippen LogP contribution in [-0.2, 0) is 11.2 Å². The zero-order valence-electron chi connectivity index (χ0n) is 18.2. The second kappa shape index (κ2) is 9.39. The highest BCUT2D eigenvalue weighted by molar-refractivity contribution is 7.99. The third kappa shape index (κ3) is 6.56. The smallest absolute Gasteiger partial charge is 0.391 e. The Kier molecular flexibility index (Phi) is 7.41. The Hall–Kier alpha value is -2.41. The Morgan fingerprint density at radius 2 is 1.69 bits per heavy atom. The number of ether oxygens (including phenoxy) is 1. The van der Waals surface area contributed by atoms with Crippen LogP contribution in [0.5, 0.6) is 5.88 Å². The van der Waals surface area contributed by atoms with Gasteiger partial charge in [0, 0.05) is 37.2 Å². The van der Waals surface area contributed by atoms with Gasteiger partial charge >= 0.3 is 6.09 Å². The number of Topliss-reactive ketones (excluding diaryl/α,β-unsaturated/α-hetero) is 1. The van der Waals surface area contributed by atoms with Crippen LogP contribution in [0.1, 0.15) is 43.2 Å². The van der Waals surface area contributed by atoms with Gasteiger partial charge in [0.2, 0.25) is 5.88 Å². The van der Waals surface area contributed by atoms with Gasteiger partial charge in [0.15, 0.2) is 5.16 Å². The molecule has 2 rings (SSSR count). The largest absolute Gasteiger partial charge is 0.416 e. The van der Waals surface area contributed by atoms with E-state index in [1.54, 1.807) is 14.1 Å². The molecule has 1 heterocycles. The van der Waals surface area contributed by atoms with Crippen LogP contribution in [0.4, 0.5) is 4.79 Å². The average molecular weight is 416 g/mol. The van der Waals surface area contributed by atoms with Crippen molar-refractivity contribution in [2.45, 2.75) is 46.2 Å². The van der Waals surface area contributed by atoms with Gasteiger partial charge < -0.3 is 9.64 Å². The Morgan fingerprint density at radius 1 is 1.07 bits per heavy atom. The van der Waals surface area contributed by atoms with E-state index in [0.717, 1.165) is 16.8 Å². The minimum Gasteiger partial charge on any atom is -0.391 e. The maximum absolute atomic E-state index is 12.2. The molecule has 1 aromatic heterocycles. The highest BCUT2D eigenvalue weighted by Crippen LogP contribution is 2.28. The van der Waals surface area contributed by atoms with Crippen molar-refractivity contribution < 1.29 is 14.3 Å². The third-order valence-electron chi connectivity index (χ3n) is 4.37. The number of rotatable bonds is 6. The minimum absolute atomic E-state index is 0.110. The van der Waals surface area contributed by atoms with Crippen molar-refractivity contribution in [2.75, 3.05) is 19.8 Å². The molecule has 0 unspecified atom stereocenters. The fourth-order valence-corrected chi connectivity index (χ4v) is 3.37. The number of carbonyl (C=O) groups excluding carboxylic acids is 2. The van der Waals surface area contributed by atoms with Crippen molar-refractivity contribution >= 4 is 23.6 Å². The fourth-order valence-electron chi connectivity index (χ4n) is 2.33. The Morgan fingerprint density at radius 3 is 2.24 bits per heavy atom. The summed E-state index contributed by atoms with van der Waals surface area (Å²) in [4.78, 5) is 34.8. The number of ketones is 1. The van der Waals surface area contributed by atoms with Crippen LogP contribution in [0, 0.1) is 19.3 Å². The SMILES string of the molecule is Cc1ccc(Cc2c(C)nc(SCC(=O)C(C)(C)C)nc2OC(=O)N(C)C)cc1. The molecule has 29 heavy (non-hydrogen) atoms. The molecule has 0 atom stereocenters. The molecule has 0 radical (unpaired) electrons. The van der Waals surface area contributed by atoms with Crippen molar-refractivity contribution in [1.29, 1.82) is 0 Å². The molecule has 1 amide bonds. The Labute approximate surface area is 177 Å². The predicted molar refractivity (Wildman–Crippen MR) is 116 cm³/mol. The van der Waals surface area contributed by atoms with Crippen molar-refractivity contribution in [3.05, 3.63) is 46.6 Å². The molecule has 0 fully saturated rings. The summed E-state index contributed by atoms with van der Waals surface area (Å²) in [6.45, 7) is 9.56. The van der Waals surface area contributed by atoms with Gasteiger partial charge in [0.1, 0.15) is 5.78 Å². The monoisotopic (exact) mass is 415 g/mol. The summed E-state index contributed by atoms with van der Waals surface area (Å²) in [7, 11) is 3.24. The summed E-state index contributed by atoms with van der Waals surface area (Å²) >= 11 is 1.26. The van der Waals surface area contributed by atoms with E-state index in [1.165, 1.54) is 22.2 Å². The Balaban J connectivity index is 2.34. The van der Waals surface area contributed by atoms with Crippen molar-refractivity contribution in [1.82, 2.24) is 14.9 Å². The van der Waals surface area contributed by atoms with E-state index in [0.29, 0.717) is 11.6 Å². The number of hydrogen-bond acceptors (Lipinski definition) is 6. The van der Waals surface area contributed by atoms with E-state index in [-0.39, 0.29) is 17.4 Å². The number of benzene rings is 1. The lowest BCUT2D eigenvalue weighted by Crippen LogP contribution is -2.26. The van der Waals surface area contributed by atoms with Gasteiger partial charge in [-0.3, -0.25) is 4.79 Å². The molecule has 0 saturated heterocycles. The molecule has 2 aromatic rings. The molecule has 0 aliphatic rings. The van der Waals surface area contributed by atoms with E-state index >= 15 is 0 Å². The summed E-state index contributed by atoms with van der Waals surface area (Å²) in [5.41, 5.74) is 3.32. The molecule has 0 saturated carbocycles. The maximum Gasteiger partial charge on any atom is 0.416 e. The number of aromatic nitrogens is 2. The quantitative estimate of drug-likeness (QED) is 0.513. The van der Waals surface area contributed by atoms with E-state index in [4.69, 9.17) is 4.74 Å². The van der Waals surface area contributed by atoms with Crippen LogP contribution in [0.3, 0.4) is 0 Å². The molecule has 0 N–H and O–H groups in total. The summed E-state index contributed by atoms with van der Waals surface area (Å²) in [6, 6.07) is 8.16. The number of hydrogen-bond donors (Lipinski definition) is 0.